The van der Waals surface area contributed by atoms with Crippen LogP contribution in [0.5, 0.6) is 17.2 Å². The number of amides is 4. The average molecular weight is 541 g/mol. The molecule has 190 valence electrons. The van der Waals surface area contributed by atoms with Gasteiger partial charge >= 0.3 is 6.03 Å². The van der Waals surface area contributed by atoms with Crippen LogP contribution in [-0.4, -0.2) is 38.2 Å². The largest absolute Gasteiger partial charge is 0.497 e. The molecule has 0 aromatic heterocycles. The number of anilines is 1. The molecule has 0 unspecified atom stereocenters. The summed E-state index contributed by atoms with van der Waals surface area (Å²) >= 11 is 12.8. The summed E-state index contributed by atoms with van der Waals surface area (Å²) < 4.78 is 16.5. The van der Waals surface area contributed by atoms with Gasteiger partial charge in [0.1, 0.15) is 30.3 Å². The number of barbiturate groups is 1. The number of carbonyl (C=O) groups excluding carboxylic acids is 3. The van der Waals surface area contributed by atoms with E-state index in [1.54, 1.807) is 37.4 Å². The molecule has 4 amide bonds. The highest BCUT2D eigenvalue weighted by atomic mass is 35.5. The van der Waals surface area contributed by atoms with Crippen molar-refractivity contribution >= 4 is 52.8 Å². The third kappa shape index (κ3) is 6.04. The van der Waals surface area contributed by atoms with Crippen LogP contribution in [0.1, 0.15) is 11.1 Å². The molecule has 1 aliphatic heterocycles. The van der Waals surface area contributed by atoms with Crippen molar-refractivity contribution in [3.8, 4) is 17.2 Å². The number of carbonyl (C=O) groups is 3. The second-order valence-electron chi connectivity index (χ2n) is 7.99. The fraction of sp³-hybridized carbons (Fsp3) is 0.148. The summed E-state index contributed by atoms with van der Waals surface area (Å²) in [6.07, 6.45) is 1.32. The van der Waals surface area contributed by atoms with E-state index in [4.69, 9.17) is 37.4 Å². The number of aryl methyl sites for hydroxylation is 1. The van der Waals surface area contributed by atoms with Gasteiger partial charge in [0.15, 0.2) is 5.75 Å². The number of nitrogens with zero attached hydrogens (tertiary/aromatic N) is 1. The van der Waals surface area contributed by atoms with E-state index in [1.807, 2.05) is 25.1 Å². The third-order valence-corrected chi connectivity index (χ3v) is 5.89. The van der Waals surface area contributed by atoms with Gasteiger partial charge in [-0.1, -0.05) is 41.4 Å². The lowest BCUT2D eigenvalue weighted by atomic mass is 10.1. The van der Waals surface area contributed by atoms with Crippen LogP contribution in [0.2, 0.25) is 10.0 Å². The van der Waals surface area contributed by atoms with Gasteiger partial charge in [0, 0.05) is 6.07 Å². The zero-order valence-electron chi connectivity index (χ0n) is 19.9. The van der Waals surface area contributed by atoms with Crippen molar-refractivity contribution in [3.05, 3.63) is 87.4 Å². The highest BCUT2D eigenvalue weighted by Crippen LogP contribution is 2.35. The number of rotatable bonds is 8. The molecule has 3 aromatic carbocycles. The maximum absolute atomic E-state index is 13.1. The van der Waals surface area contributed by atoms with Crippen molar-refractivity contribution < 1.29 is 28.6 Å². The molecule has 0 bridgehead atoms. The first-order valence-corrected chi connectivity index (χ1v) is 11.9. The standard InChI is InChI=1S/C27H22Cl2N2O6/c1-16-5-3-6-18(11-16)31-26(33)21(25(32)30-27(31)34)12-17-13-22(28)24(23(29)14-17)37-10-9-36-20-8-4-7-19(15-20)35-2/h3-8,11-15H,9-10H2,1-2H3,(H,30,32,34)/b21-12-. The zero-order valence-corrected chi connectivity index (χ0v) is 21.4. The summed E-state index contributed by atoms with van der Waals surface area (Å²) in [5, 5.41) is 2.54. The molecule has 1 fully saturated rings. The summed E-state index contributed by atoms with van der Waals surface area (Å²) in [5.74, 6) is -0.0556. The smallest absolute Gasteiger partial charge is 0.335 e. The molecule has 3 aromatic rings. The third-order valence-electron chi connectivity index (χ3n) is 5.33. The van der Waals surface area contributed by atoms with E-state index in [9.17, 15) is 14.4 Å². The van der Waals surface area contributed by atoms with Gasteiger partial charge in [-0.3, -0.25) is 14.9 Å². The molecular formula is C27H22Cl2N2O6. The fourth-order valence-electron chi connectivity index (χ4n) is 3.62. The summed E-state index contributed by atoms with van der Waals surface area (Å²) in [4.78, 5) is 38.9. The minimum absolute atomic E-state index is 0.158. The Morgan fingerprint density at radius 2 is 1.57 bits per heavy atom. The lowest BCUT2D eigenvalue weighted by Gasteiger charge is -2.26. The van der Waals surface area contributed by atoms with Gasteiger partial charge in [0.2, 0.25) is 0 Å². The first-order valence-electron chi connectivity index (χ1n) is 11.1. The van der Waals surface area contributed by atoms with Gasteiger partial charge in [-0.15, -0.1) is 0 Å². The fourth-order valence-corrected chi connectivity index (χ4v) is 4.23. The number of hydrogen-bond donors (Lipinski definition) is 1. The van der Waals surface area contributed by atoms with Crippen LogP contribution in [0.15, 0.2) is 66.2 Å². The molecule has 37 heavy (non-hydrogen) atoms. The normalized spacial score (nSPS) is 14.5. The Balaban J connectivity index is 1.48. The lowest BCUT2D eigenvalue weighted by Crippen LogP contribution is -2.54. The number of imide groups is 2. The van der Waals surface area contributed by atoms with Gasteiger partial charge in [0.05, 0.1) is 22.8 Å². The molecular weight excluding hydrogens is 519 g/mol. The molecule has 4 rings (SSSR count). The minimum Gasteiger partial charge on any atom is -0.497 e. The lowest BCUT2D eigenvalue weighted by molar-refractivity contribution is -0.122. The Hall–Kier alpha value is -4.01. The van der Waals surface area contributed by atoms with Crippen molar-refractivity contribution in [2.45, 2.75) is 6.92 Å². The van der Waals surface area contributed by atoms with Crippen LogP contribution >= 0.6 is 23.2 Å². The zero-order chi connectivity index (χ0) is 26.5. The molecule has 0 atom stereocenters. The van der Waals surface area contributed by atoms with Gasteiger partial charge < -0.3 is 14.2 Å². The van der Waals surface area contributed by atoms with Crippen LogP contribution < -0.4 is 24.4 Å². The number of ether oxygens (including phenoxy) is 3. The minimum atomic E-state index is -0.825. The Morgan fingerprint density at radius 3 is 2.27 bits per heavy atom. The maximum Gasteiger partial charge on any atom is 0.335 e. The van der Waals surface area contributed by atoms with E-state index in [1.165, 1.54) is 18.2 Å². The Bertz CT molecular complexity index is 1380. The van der Waals surface area contributed by atoms with Crippen LogP contribution in [0.4, 0.5) is 10.5 Å². The van der Waals surface area contributed by atoms with Crippen LogP contribution in [-0.2, 0) is 9.59 Å². The van der Waals surface area contributed by atoms with Crippen LogP contribution in [0.25, 0.3) is 6.08 Å². The molecule has 1 saturated heterocycles. The van der Waals surface area contributed by atoms with Crippen molar-refractivity contribution in [3.63, 3.8) is 0 Å². The topological polar surface area (TPSA) is 94.2 Å². The van der Waals surface area contributed by atoms with E-state index in [-0.39, 0.29) is 34.6 Å². The summed E-state index contributed by atoms with van der Waals surface area (Å²) in [6, 6.07) is 16.2. The van der Waals surface area contributed by atoms with E-state index >= 15 is 0 Å². The average Bonchev–Trinajstić information content (AvgIpc) is 2.85. The van der Waals surface area contributed by atoms with E-state index < -0.39 is 17.8 Å². The first-order chi connectivity index (χ1) is 17.8. The van der Waals surface area contributed by atoms with Crippen LogP contribution in [0.3, 0.4) is 0 Å². The molecule has 0 aliphatic carbocycles. The van der Waals surface area contributed by atoms with Gasteiger partial charge in [-0.2, -0.15) is 0 Å². The first kappa shape index (κ1) is 26.1. The summed E-state index contributed by atoms with van der Waals surface area (Å²) in [5.41, 5.74) is 1.33. The second kappa shape index (κ2) is 11.4. The summed E-state index contributed by atoms with van der Waals surface area (Å²) in [7, 11) is 1.57. The van der Waals surface area contributed by atoms with Gasteiger partial charge in [0.25, 0.3) is 11.8 Å². The molecule has 0 radical (unpaired) electrons. The highest BCUT2D eigenvalue weighted by molar-refractivity contribution is 6.40. The van der Waals surface area contributed by atoms with E-state index in [0.717, 1.165) is 10.5 Å². The molecule has 1 aliphatic rings. The van der Waals surface area contributed by atoms with Gasteiger partial charge in [-0.25, -0.2) is 9.69 Å². The maximum atomic E-state index is 13.1. The quantitative estimate of drug-likeness (QED) is 0.232. The second-order valence-corrected chi connectivity index (χ2v) is 8.80. The van der Waals surface area contributed by atoms with E-state index in [0.29, 0.717) is 22.7 Å². The van der Waals surface area contributed by atoms with Crippen molar-refractivity contribution in [1.82, 2.24) is 5.32 Å². The molecule has 1 heterocycles. The van der Waals surface area contributed by atoms with Crippen molar-refractivity contribution in [1.29, 1.82) is 0 Å². The molecule has 0 saturated carbocycles. The number of halogens is 2. The Morgan fingerprint density at radius 1 is 0.892 bits per heavy atom. The number of methoxy groups -OCH3 is 1. The summed E-state index contributed by atoms with van der Waals surface area (Å²) in [6.45, 7) is 2.21. The monoisotopic (exact) mass is 540 g/mol. The SMILES string of the molecule is COc1cccc(OCCOc2c(Cl)cc(/C=C3/C(=O)NC(=O)N(c4cccc(C)c4)C3=O)cc2Cl)c1. The molecule has 0 spiro atoms. The number of hydrogen-bond acceptors (Lipinski definition) is 6. The predicted octanol–water partition coefficient (Wildman–Crippen LogP) is 5.43. The number of benzene rings is 3. The highest BCUT2D eigenvalue weighted by Gasteiger charge is 2.36. The Labute approximate surface area is 223 Å². The number of nitrogens with one attached hydrogen (secondary N) is 1. The molecule has 10 heteroatoms. The number of urea groups is 1. The van der Waals surface area contributed by atoms with Crippen LogP contribution in [0, 0.1) is 6.92 Å². The molecule has 8 nitrogen and oxygen atoms in total. The van der Waals surface area contributed by atoms with Crippen molar-refractivity contribution in [2.24, 2.45) is 0 Å². The van der Waals surface area contributed by atoms with Gasteiger partial charge in [-0.05, 0) is 60.5 Å². The predicted molar refractivity (Wildman–Crippen MR) is 141 cm³/mol. The Kier molecular flexibility index (Phi) is 8.01. The van der Waals surface area contributed by atoms with Crippen molar-refractivity contribution in [2.75, 3.05) is 25.2 Å². The molecule has 1 N–H and O–H groups in total. The van der Waals surface area contributed by atoms with E-state index in [2.05, 4.69) is 5.32 Å².